The third-order valence-corrected chi connectivity index (χ3v) is 9.77. The first-order valence-corrected chi connectivity index (χ1v) is 20.2. The Morgan fingerprint density at radius 2 is 0.617 bits per heavy atom. The molecule has 4 aromatic heterocycles. The molecule has 0 fully saturated rings. The van der Waals surface area contributed by atoms with Gasteiger partial charge in [-0.1, -0.05) is 147 Å². The van der Waals surface area contributed by atoms with E-state index in [0.29, 0.717) is 40.8 Å². The summed E-state index contributed by atoms with van der Waals surface area (Å²) < 4.78 is 0. The van der Waals surface area contributed by atoms with Gasteiger partial charge in [0.2, 0.25) is 0 Å². The monoisotopic (exact) mass is 788 g/mol. The molecule has 0 bridgehead atoms. The molecule has 0 N–H and O–H groups in total. The first-order chi connectivity index (χ1) is 28.6. The molecule has 10 nitrogen and oxygen atoms in total. The summed E-state index contributed by atoms with van der Waals surface area (Å²) in [5, 5.41) is 0. The van der Waals surface area contributed by atoms with Gasteiger partial charge in [0, 0.05) is 61.4 Å². The summed E-state index contributed by atoms with van der Waals surface area (Å²) in [6.07, 6.45) is 1.79. The van der Waals surface area contributed by atoms with Crippen molar-refractivity contribution in [2.75, 3.05) is 0 Å². The van der Waals surface area contributed by atoms with Crippen LogP contribution in [0.2, 0.25) is 0 Å². The first-order valence-electron chi connectivity index (χ1n) is 20.2. The third-order valence-electron chi connectivity index (χ3n) is 9.77. The number of nitrogens with zero attached hydrogens (tertiary/aromatic N) is 10. The smallest absolute Gasteiger partial charge is 0.164 e. The Morgan fingerprint density at radius 3 is 1.05 bits per heavy atom. The first kappa shape index (κ1) is 39.9. The molecule has 0 unspecified atom stereocenters. The van der Waals surface area contributed by atoms with Gasteiger partial charge in [0.15, 0.2) is 34.9 Å². The van der Waals surface area contributed by atoms with Crippen LogP contribution in [0.3, 0.4) is 0 Å². The SMILES string of the molecule is CC(C)(C)c1nc(-c2cc(-c3ccccn3)cc(-c3nc(-c4ccccc4)nc(-c4ccccc4)n3)c2)nc(-c2cccc(-c3nc(C(C)(C)C)nc(C(C)(C)C)n3)c2)n1. The summed E-state index contributed by atoms with van der Waals surface area (Å²) in [7, 11) is 0. The van der Waals surface area contributed by atoms with Gasteiger partial charge < -0.3 is 0 Å². The summed E-state index contributed by atoms with van der Waals surface area (Å²) in [4.78, 5) is 50.0. The van der Waals surface area contributed by atoms with Crippen molar-refractivity contribution in [2.45, 2.75) is 78.6 Å². The van der Waals surface area contributed by atoms with E-state index in [-0.39, 0.29) is 10.8 Å². The van der Waals surface area contributed by atoms with Crippen LogP contribution in [-0.2, 0) is 16.2 Å². The van der Waals surface area contributed by atoms with Crippen LogP contribution in [0.5, 0.6) is 0 Å². The topological polar surface area (TPSA) is 129 Å². The molecule has 0 radical (unpaired) electrons. The highest BCUT2D eigenvalue weighted by Gasteiger charge is 2.27. The minimum absolute atomic E-state index is 0.268. The highest BCUT2D eigenvalue weighted by molar-refractivity contribution is 5.78. The molecule has 4 aromatic carbocycles. The highest BCUT2D eigenvalue weighted by Crippen LogP contribution is 2.34. The lowest BCUT2D eigenvalue weighted by Gasteiger charge is -2.22. The fourth-order valence-corrected chi connectivity index (χ4v) is 6.45. The molecule has 10 heteroatoms. The van der Waals surface area contributed by atoms with Gasteiger partial charge in [-0.2, -0.15) is 0 Å². The van der Waals surface area contributed by atoms with Crippen molar-refractivity contribution in [3.63, 3.8) is 0 Å². The van der Waals surface area contributed by atoms with Crippen LogP contribution in [0.25, 0.3) is 79.6 Å². The number of hydrogen-bond acceptors (Lipinski definition) is 10. The van der Waals surface area contributed by atoms with Crippen LogP contribution < -0.4 is 0 Å². The zero-order valence-corrected chi connectivity index (χ0v) is 35.6. The maximum Gasteiger partial charge on any atom is 0.164 e. The lowest BCUT2D eigenvalue weighted by Crippen LogP contribution is -2.24. The van der Waals surface area contributed by atoms with Crippen LogP contribution in [0, 0.1) is 0 Å². The van der Waals surface area contributed by atoms with Crippen molar-refractivity contribution in [2.24, 2.45) is 0 Å². The van der Waals surface area contributed by atoms with E-state index in [9.17, 15) is 0 Å². The van der Waals surface area contributed by atoms with Crippen molar-refractivity contribution >= 4 is 0 Å². The highest BCUT2D eigenvalue weighted by atomic mass is 15.1. The third kappa shape index (κ3) is 8.73. The number of benzene rings is 4. The normalized spacial score (nSPS) is 12.1. The van der Waals surface area contributed by atoms with Crippen molar-refractivity contribution < 1.29 is 0 Å². The fourth-order valence-electron chi connectivity index (χ4n) is 6.45. The summed E-state index contributed by atoms with van der Waals surface area (Å²) in [6.45, 7) is 19.0. The van der Waals surface area contributed by atoms with Gasteiger partial charge in [0.25, 0.3) is 0 Å². The molecule has 4 heterocycles. The van der Waals surface area contributed by atoms with E-state index >= 15 is 0 Å². The Hall–Kier alpha value is -6.94. The molecule has 298 valence electrons. The second-order valence-corrected chi connectivity index (χ2v) is 18.0. The Balaban J connectivity index is 1.31. The van der Waals surface area contributed by atoms with Gasteiger partial charge in [0.05, 0.1) is 5.69 Å². The Labute approximate surface area is 351 Å². The molecule has 0 aliphatic carbocycles. The number of hydrogen-bond donors (Lipinski definition) is 0. The zero-order valence-electron chi connectivity index (χ0n) is 35.6. The van der Waals surface area contributed by atoms with E-state index in [2.05, 4.69) is 80.5 Å². The lowest BCUT2D eigenvalue weighted by molar-refractivity contribution is 0.497. The average Bonchev–Trinajstić information content (AvgIpc) is 3.26. The van der Waals surface area contributed by atoms with E-state index in [1.165, 1.54) is 0 Å². The second-order valence-electron chi connectivity index (χ2n) is 18.0. The quantitative estimate of drug-likeness (QED) is 0.154. The maximum atomic E-state index is 5.19. The van der Waals surface area contributed by atoms with Gasteiger partial charge in [-0.3, -0.25) is 4.98 Å². The van der Waals surface area contributed by atoms with Crippen molar-refractivity contribution in [1.29, 1.82) is 0 Å². The standard InChI is InChI=1S/C50H48N10/c1-48(2,3)45-56-41(33-23-18-24-34(27-33)42-57-46(49(4,5)6)60-47(58-42)50(7,8)9)55-44(59-45)37-29-35(38-25-16-17-26-51-38)28-36(30-37)43-53-39(31-19-12-10-13-20-31)52-40(54-43)32-21-14-11-15-22-32/h10-30H,1-9H3. The molecule has 0 aliphatic heterocycles. The Bertz CT molecular complexity index is 2710. The molecule has 0 saturated carbocycles. The van der Waals surface area contributed by atoms with Gasteiger partial charge in [-0.15, -0.1) is 0 Å². The predicted octanol–water partition coefficient (Wildman–Crippen LogP) is 11.2. The number of rotatable bonds is 7. The lowest BCUT2D eigenvalue weighted by atomic mass is 9.93. The summed E-state index contributed by atoms with van der Waals surface area (Å²) in [5.41, 5.74) is 5.71. The predicted molar refractivity (Wildman–Crippen MR) is 239 cm³/mol. The van der Waals surface area contributed by atoms with E-state index in [1.807, 2.05) is 103 Å². The fraction of sp³-hybridized carbons (Fsp3) is 0.240. The average molecular weight is 789 g/mol. The Morgan fingerprint density at radius 1 is 0.283 bits per heavy atom. The molecular weight excluding hydrogens is 741 g/mol. The summed E-state index contributed by atoms with van der Waals surface area (Å²) in [6, 6.07) is 40.1. The minimum Gasteiger partial charge on any atom is -0.256 e. The van der Waals surface area contributed by atoms with Gasteiger partial charge in [-0.05, 0) is 36.4 Å². The van der Waals surface area contributed by atoms with Gasteiger partial charge >= 0.3 is 0 Å². The minimum atomic E-state index is -0.397. The van der Waals surface area contributed by atoms with Crippen LogP contribution in [0.1, 0.15) is 79.8 Å². The van der Waals surface area contributed by atoms with Crippen LogP contribution in [0.4, 0.5) is 0 Å². The van der Waals surface area contributed by atoms with E-state index < -0.39 is 5.41 Å². The van der Waals surface area contributed by atoms with Gasteiger partial charge in [0.1, 0.15) is 17.5 Å². The molecule has 0 amide bonds. The molecule has 0 atom stereocenters. The molecule has 8 aromatic rings. The maximum absolute atomic E-state index is 5.19. The Kier molecular flexibility index (Phi) is 10.4. The van der Waals surface area contributed by atoms with Crippen molar-refractivity contribution in [3.05, 3.63) is 145 Å². The van der Waals surface area contributed by atoms with Crippen LogP contribution >= 0.6 is 0 Å². The number of pyridine rings is 1. The van der Waals surface area contributed by atoms with Crippen LogP contribution in [0.15, 0.2) is 128 Å². The number of aromatic nitrogens is 10. The molecule has 0 spiro atoms. The molecule has 60 heavy (non-hydrogen) atoms. The molecule has 0 saturated heterocycles. The van der Waals surface area contributed by atoms with Crippen LogP contribution in [-0.4, -0.2) is 49.8 Å². The summed E-state index contributed by atoms with van der Waals surface area (Å²) in [5.74, 6) is 5.47. The van der Waals surface area contributed by atoms with Crippen molar-refractivity contribution in [3.8, 4) is 79.6 Å². The second kappa shape index (κ2) is 15.7. The molecule has 8 rings (SSSR count). The van der Waals surface area contributed by atoms with E-state index in [0.717, 1.165) is 56.3 Å². The molecule has 0 aliphatic rings. The molecular formula is C50H48N10. The van der Waals surface area contributed by atoms with Crippen molar-refractivity contribution in [1.82, 2.24) is 49.8 Å². The summed E-state index contributed by atoms with van der Waals surface area (Å²) >= 11 is 0. The van der Waals surface area contributed by atoms with E-state index in [1.54, 1.807) is 6.20 Å². The van der Waals surface area contributed by atoms with Gasteiger partial charge in [-0.25, -0.2) is 44.9 Å². The largest absolute Gasteiger partial charge is 0.256 e. The zero-order chi connectivity index (χ0) is 42.2. The van der Waals surface area contributed by atoms with E-state index in [4.69, 9.17) is 49.8 Å².